The monoisotopic (exact) mass is 466 g/mol. The molecule has 0 spiro atoms. The van der Waals surface area contributed by atoms with Gasteiger partial charge in [0.15, 0.2) is 0 Å². The number of carboxylic acid groups (broad SMARTS) is 1. The Morgan fingerprint density at radius 3 is 2.24 bits per heavy atom. The molecule has 0 radical (unpaired) electrons. The fraction of sp³-hybridized carbons (Fsp3) is 0.167. The molecule has 168 valence electrons. The Balaban J connectivity index is 1.54. The van der Waals surface area contributed by atoms with Gasteiger partial charge in [0.05, 0.1) is 22.9 Å². The standard InChI is InChI=1S/C24H19ClN2O6/c25-14-9-10-22(27(31)32)19(11-14)21(12-23(28)29)26-24(30)33-13-20-17-7-3-1-5-15(17)16-6-2-4-8-18(16)20/h1-11,20-21H,12-13H2,(H,26,30)(H,28,29)/t21-/m0/s1. The van der Waals surface area contributed by atoms with Crippen LogP contribution >= 0.6 is 11.6 Å². The zero-order valence-electron chi connectivity index (χ0n) is 17.2. The molecule has 0 bridgehead atoms. The van der Waals surface area contributed by atoms with E-state index in [1.807, 2.05) is 48.5 Å². The van der Waals surface area contributed by atoms with Gasteiger partial charge < -0.3 is 15.2 Å². The van der Waals surface area contributed by atoms with Crippen LogP contribution in [0.1, 0.15) is 35.1 Å². The van der Waals surface area contributed by atoms with Crippen molar-refractivity contribution in [1.82, 2.24) is 5.32 Å². The number of nitrogens with one attached hydrogen (secondary N) is 1. The first-order valence-electron chi connectivity index (χ1n) is 10.1. The zero-order chi connectivity index (χ0) is 23.5. The van der Waals surface area contributed by atoms with E-state index < -0.39 is 29.4 Å². The predicted molar refractivity (Wildman–Crippen MR) is 121 cm³/mol. The maximum absolute atomic E-state index is 12.6. The molecule has 0 fully saturated rings. The van der Waals surface area contributed by atoms with Crippen molar-refractivity contribution in [2.75, 3.05) is 6.61 Å². The number of amides is 1. The number of nitro benzene ring substituents is 1. The summed E-state index contributed by atoms with van der Waals surface area (Å²) in [6, 6.07) is 18.3. The SMILES string of the molecule is O=C(O)C[C@H](NC(=O)OCC1c2ccccc2-c2ccccc21)c1cc(Cl)ccc1[N+](=O)[O-]. The van der Waals surface area contributed by atoms with E-state index in [9.17, 15) is 24.8 Å². The molecule has 3 aromatic carbocycles. The zero-order valence-corrected chi connectivity index (χ0v) is 18.0. The van der Waals surface area contributed by atoms with Gasteiger partial charge >= 0.3 is 12.1 Å². The van der Waals surface area contributed by atoms with Crippen LogP contribution in [0.2, 0.25) is 5.02 Å². The molecular formula is C24H19ClN2O6. The number of carbonyl (C=O) groups is 2. The van der Waals surface area contributed by atoms with Crippen LogP contribution in [0.15, 0.2) is 66.7 Å². The van der Waals surface area contributed by atoms with Gasteiger partial charge in [-0.3, -0.25) is 14.9 Å². The van der Waals surface area contributed by atoms with Crippen molar-refractivity contribution in [3.8, 4) is 11.1 Å². The van der Waals surface area contributed by atoms with Gasteiger partial charge in [-0.2, -0.15) is 0 Å². The van der Waals surface area contributed by atoms with Crippen molar-refractivity contribution < 1.29 is 24.4 Å². The number of alkyl carbamates (subject to hydrolysis) is 1. The van der Waals surface area contributed by atoms with E-state index in [2.05, 4.69) is 5.32 Å². The fourth-order valence-corrected chi connectivity index (χ4v) is 4.35. The highest BCUT2D eigenvalue weighted by atomic mass is 35.5. The quantitative estimate of drug-likeness (QED) is 0.360. The van der Waals surface area contributed by atoms with Gasteiger partial charge in [0, 0.05) is 17.0 Å². The van der Waals surface area contributed by atoms with E-state index in [0.717, 1.165) is 22.3 Å². The van der Waals surface area contributed by atoms with Gasteiger partial charge in [0.1, 0.15) is 6.61 Å². The van der Waals surface area contributed by atoms with Gasteiger partial charge in [-0.05, 0) is 34.4 Å². The molecule has 0 aliphatic heterocycles. The topological polar surface area (TPSA) is 119 Å². The van der Waals surface area contributed by atoms with Crippen LogP contribution in [0, 0.1) is 10.1 Å². The highest BCUT2D eigenvalue weighted by molar-refractivity contribution is 6.30. The van der Waals surface area contributed by atoms with Crippen molar-refractivity contribution in [2.24, 2.45) is 0 Å². The minimum atomic E-state index is -1.24. The van der Waals surface area contributed by atoms with Gasteiger partial charge in [0.2, 0.25) is 0 Å². The Morgan fingerprint density at radius 2 is 1.67 bits per heavy atom. The lowest BCUT2D eigenvalue weighted by molar-refractivity contribution is -0.385. The Kier molecular flexibility index (Phi) is 6.28. The maximum atomic E-state index is 12.6. The van der Waals surface area contributed by atoms with Crippen LogP contribution in [0.3, 0.4) is 0 Å². The summed E-state index contributed by atoms with van der Waals surface area (Å²) >= 11 is 5.97. The Labute approximate surface area is 193 Å². The third-order valence-corrected chi connectivity index (χ3v) is 5.81. The number of rotatable bonds is 7. The summed E-state index contributed by atoms with van der Waals surface area (Å²) in [5, 5.41) is 23.3. The number of hydrogen-bond acceptors (Lipinski definition) is 5. The van der Waals surface area contributed by atoms with Crippen molar-refractivity contribution in [3.63, 3.8) is 0 Å². The predicted octanol–water partition coefficient (Wildman–Crippen LogP) is 5.30. The third kappa shape index (κ3) is 4.65. The molecule has 0 saturated heterocycles. The van der Waals surface area contributed by atoms with E-state index in [0.29, 0.717) is 0 Å². The number of carbonyl (C=O) groups excluding carboxylic acids is 1. The minimum absolute atomic E-state index is 0.0107. The van der Waals surface area contributed by atoms with E-state index in [-0.39, 0.29) is 28.8 Å². The summed E-state index contributed by atoms with van der Waals surface area (Å²) < 4.78 is 5.46. The number of fused-ring (bicyclic) bond motifs is 3. The average Bonchev–Trinajstić information content (AvgIpc) is 3.10. The van der Waals surface area contributed by atoms with Crippen LogP contribution in [0.25, 0.3) is 11.1 Å². The van der Waals surface area contributed by atoms with Crippen molar-refractivity contribution >= 4 is 29.4 Å². The van der Waals surface area contributed by atoms with E-state index in [4.69, 9.17) is 16.3 Å². The van der Waals surface area contributed by atoms with E-state index >= 15 is 0 Å². The van der Waals surface area contributed by atoms with Gasteiger partial charge in [0.25, 0.3) is 5.69 Å². The second-order valence-corrected chi connectivity index (χ2v) is 8.02. The highest BCUT2D eigenvalue weighted by Gasteiger charge is 2.30. The molecule has 0 heterocycles. The lowest BCUT2D eigenvalue weighted by atomic mass is 9.98. The smallest absolute Gasteiger partial charge is 0.407 e. The average molecular weight is 467 g/mol. The number of carboxylic acids is 1. The summed E-state index contributed by atoms with van der Waals surface area (Å²) in [7, 11) is 0. The first-order valence-corrected chi connectivity index (χ1v) is 10.5. The lowest BCUT2D eigenvalue weighted by Gasteiger charge is -2.19. The summed E-state index contributed by atoms with van der Waals surface area (Å²) in [6.45, 7) is 0.0251. The molecule has 8 nitrogen and oxygen atoms in total. The number of halogens is 1. The highest BCUT2D eigenvalue weighted by Crippen LogP contribution is 2.44. The number of nitro groups is 1. The molecule has 33 heavy (non-hydrogen) atoms. The van der Waals surface area contributed by atoms with Crippen LogP contribution in [0.5, 0.6) is 0 Å². The molecule has 1 amide bonds. The van der Waals surface area contributed by atoms with E-state index in [1.165, 1.54) is 18.2 Å². The molecule has 0 aromatic heterocycles. The number of aliphatic carboxylic acids is 1. The molecule has 4 rings (SSSR count). The van der Waals surface area contributed by atoms with Gasteiger partial charge in [-0.25, -0.2) is 4.79 Å². The van der Waals surface area contributed by atoms with E-state index in [1.54, 1.807) is 0 Å². The first kappa shape index (κ1) is 22.3. The van der Waals surface area contributed by atoms with Crippen LogP contribution in [-0.2, 0) is 9.53 Å². The van der Waals surface area contributed by atoms with Crippen molar-refractivity contribution in [2.45, 2.75) is 18.4 Å². The number of ether oxygens (including phenoxy) is 1. The summed E-state index contributed by atoms with van der Waals surface area (Å²) in [4.78, 5) is 34.8. The summed E-state index contributed by atoms with van der Waals surface area (Å²) in [5.41, 5.74) is 3.84. The molecule has 1 aliphatic carbocycles. The molecule has 1 aliphatic rings. The molecule has 3 aromatic rings. The van der Waals surface area contributed by atoms with Crippen LogP contribution in [-0.4, -0.2) is 28.7 Å². The largest absolute Gasteiger partial charge is 0.481 e. The van der Waals surface area contributed by atoms with Gasteiger partial charge in [-0.1, -0.05) is 60.1 Å². The number of benzene rings is 3. The molecule has 9 heteroatoms. The number of hydrogen-bond donors (Lipinski definition) is 2. The second kappa shape index (κ2) is 9.30. The van der Waals surface area contributed by atoms with Crippen LogP contribution < -0.4 is 5.32 Å². The molecular weight excluding hydrogens is 448 g/mol. The number of nitrogens with zero attached hydrogens (tertiary/aromatic N) is 1. The third-order valence-electron chi connectivity index (χ3n) is 5.58. The minimum Gasteiger partial charge on any atom is -0.481 e. The Hall–Kier alpha value is -3.91. The molecule has 2 N–H and O–H groups in total. The molecule has 0 saturated carbocycles. The summed E-state index contributed by atoms with van der Waals surface area (Å²) in [6.07, 6.45) is -1.46. The maximum Gasteiger partial charge on any atom is 0.407 e. The Bertz CT molecular complexity index is 1200. The lowest BCUT2D eigenvalue weighted by Crippen LogP contribution is -2.32. The van der Waals surface area contributed by atoms with Gasteiger partial charge in [-0.15, -0.1) is 0 Å². The summed E-state index contributed by atoms with van der Waals surface area (Å²) in [5.74, 6) is -1.42. The Morgan fingerprint density at radius 1 is 1.06 bits per heavy atom. The first-order chi connectivity index (χ1) is 15.8. The van der Waals surface area contributed by atoms with Crippen molar-refractivity contribution in [1.29, 1.82) is 0 Å². The fourth-order valence-electron chi connectivity index (χ4n) is 4.17. The normalized spacial score (nSPS) is 13.0. The molecule has 0 unspecified atom stereocenters. The second-order valence-electron chi connectivity index (χ2n) is 7.58. The van der Waals surface area contributed by atoms with Crippen molar-refractivity contribution in [3.05, 3.63) is 98.6 Å². The molecule has 1 atom stereocenters. The van der Waals surface area contributed by atoms with Crippen LogP contribution in [0.4, 0.5) is 10.5 Å².